The van der Waals surface area contributed by atoms with Gasteiger partial charge >= 0.3 is 0 Å². The van der Waals surface area contributed by atoms with Gasteiger partial charge in [0, 0.05) is 28.7 Å². The average Bonchev–Trinajstić information content (AvgIpc) is 2.72. The molecule has 1 heterocycles. The Bertz CT molecular complexity index is 635. The fraction of sp³-hybridized carbons (Fsp3) is 0.632. The Labute approximate surface area is 156 Å². The van der Waals surface area contributed by atoms with Crippen molar-refractivity contribution in [3.05, 3.63) is 28.2 Å². The third-order valence-corrected chi connectivity index (χ3v) is 10.2. The fourth-order valence-corrected chi connectivity index (χ4v) is 4.10. The minimum atomic E-state index is -1.78. The number of carbonyl (C=O) groups excluding carboxylic acids is 1. The van der Waals surface area contributed by atoms with Crippen LogP contribution in [-0.4, -0.2) is 27.4 Å². The molecule has 0 N–H and O–H groups in total. The molecule has 0 saturated heterocycles. The lowest BCUT2D eigenvalue weighted by molar-refractivity contribution is -0.117. The molecule has 0 fully saturated rings. The molecular formula is C19H30BrNO2Si. The first-order chi connectivity index (χ1) is 10.8. The second kappa shape index (κ2) is 6.58. The number of anilines is 1. The molecule has 0 aliphatic carbocycles. The summed E-state index contributed by atoms with van der Waals surface area (Å²) in [5.74, 6) is 0.184. The summed E-state index contributed by atoms with van der Waals surface area (Å²) in [5.41, 5.74) is 2.06. The van der Waals surface area contributed by atoms with E-state index >= 15 is 0 Å². The molecular weight excluding hydrogens is 382 g/mol. The van der Waals surface area contributed by atoms with Gasteiger partial charge in [-0.1, -0.05) is 56.6 Å². The van der Waals surface area contributed by atoms with Crippen LogP contribution in [0.1, 0.15) is 40.2 Å². The van der Waals surface area contributed by atoms with Crippen molar-refractivity contribution < 1.29 is 9.22 Å². The summed E-state index contributed by atoms with van der Waals surface area (Å²) in [4.78, 5) is 14.4. The van der Waals surface area contributed by atoms with Crippen molar-refractivity contribution in [2.45, 2.75) is 59.2 Å². The normalized spacial score (nSPS) is 15.8. The number of hydrogen-bond acceptors (Lipinski definition) is 2. The zero-order valence-corrected chi connectivity index (χ0v) is 18.6. The van der Waals surface area contributed by atoms with Gasteiger partial charge in [0.25, 0.3) is 0 Å². The summed E-state index contributed by atoms with van der Waals surface area (Å²) >= 11 is 3.51. The first kappa shape index (κ1) is 19.7. The minimum Gasteiger partial charge on any atom is -0.416 e. The quantitative estimate of drug-likeness (QED) is 0.607. The van der Waals surface area contributed by atoms with E-state index in [0.717, 1.165) is 15.7 Å². The number of amides is 1. The van der Waals surface area contributed by atoms with E-state index in [2.05, 4.69) is 63.6 Å². The Morgan fingerprint density at radius 2 is 1.83 bits per heavy atom. The summed E-state index contributed by atoms with van der Waals surface area (Å²) < 4.78 is 7.42. The molecule has 2 rings (SSSR count). The fourth-order valence-electron chi connectivity index (χ4n) is 2.57. The average molecular weight is 412 g/mol. The predicted octanol–water partition coefficient (Wildman–Crippen LogP) is 5.39. The highest BCUT2D eigenvalue weighted by molar-refractivity contribution is 9.10. The molecule has 1 aliphatic rings. The van der Waals surface area contributed by atoms with Crippen molar-refractivity contribution in [3.8, 4) is 0 Å². The van der Waals surface area contributed by atoms with E-state index in [0.29, 0.717) is 19.6 Å². The van der Waals surface area contributed by atoms with Gasteiger partial charge in [0.2, 0.25) is 5.91 Å². The Morgan fingerprint density at radius 3 is 2.42 bits per heavy atom. The first-order valence-electron chi connectivity index (χ1n) is 8.55. The molecule has 0 atom stereocenters. The molecule has 0 spiro atoms. The van der Waals surface area contributed by atoms with Crippen LogP contribution in [0.2, 0.25) is 18.1 Å². The monoisotopic (exact) mass is 411 g/mol. The lowest BCUT2D eigenvalue weighted by atomic mass is 9.94. The van der Waals surface area contributed by atoms with Gasteiger partial charge in [0.15, 0.2) is 8.32 Å². The third-order valence-electron chi connectivity index (χ3n) is 5.20. The molecule has 0 aromatic heterocycles. The molecule has 0 unspecified atom stereocenters. The Kier molecular flexibility index (Phi) is 5.39. The van der Waals surface area contributed by atoms with Crippen LogP contribution in [0.3, 0.4) is 0 Å². The van der Waals surface area contributed by atoms with E-state index in [1.165, 1.54) is 0 Å². The molecule has 0 radical (unpaired) electrons. The molecule has 0 saturated carbocycles. The van der Waals surface area contributed by atoms with Crippen LogP contribution in [0, 0.1) is 5.41 Å². The molecule has 0 bridgehead atoms. The van der Waals surface area contributed by atoms with Gasteiger partial charge in [-0.25, -0.2) is 0 Å². The van der Waals surface area contributed by atoms with Crippen LogP contribution in [0.4, 0.5) is 5.69 Å². The number of hydrogen-bond donors (Lipinski definition) is 0. The Hall–Kier alpha value is -0.653. The highest BCUT2D eigenvalue weighted by atomic mass is 79.9. The van der Waals surface area contributed by atoms with Crippen molar-refractivity contribution in [3.63, 3.8) is 0 Å². The van der Waals surface area contributed by atoms with E-state index < -0.39 is 8.32 Å². The van der Waals surface area contributed by atoms with Crippen LogP contribution >= 0.6 is 15.9 Å². The van der Waals surface area contributed by atoms with Crippen molar-refractivity contribution in [1.29, 1.82) is 0 Å². The van der Waals surface area contributed by atoms with Gasteiger partial charge in [0.05, 0.1) is 6.42 Å². The zero-order chi connectivity index (χ0) is 18.3. The SMILES string of the molecule is CC(C)(CO[Si](C)(C)C(C)(C)C)CN1C(=O)Cc2ccc(Br)cc21. The van der Waals surface area contributed by atoms with Crippen LogP contribution < -0.4 is 4.90 Å². The maximum atomic E-state index is 12.5. The molecule has 1 aromatic rings. The zero-order valence-electron chi connectivity index (χ0n) is 16.0. The molecule has 24 heavy (non-hydrogen) atoms. The lowest BCUT2D eigenvalue weighted by Crippen LogP contribution is -2.46. The number of rotatable bonds is 5. The van der Waals surface area contributed by atoms with Crippen molar-refractivity contribution in [1.82, 2.24) is 0 Å². The molecule has 3 nitrogen and oxygen atoms in total. The summed E-state index contributed by atoms with van der Waals surface area (Å²) in [6.45, 7) is 17.0. The third kappa shape index (κ3) is 4.30. The molecule has 1 aliphatic heterocycles. The summed E-state index contributed by atoms with van der Waals surface area (Å²) in [7, 11) is -1.78. The number of benzene rings is 1. The largest absolute Gasteiger partial charge is 0.416 e. The van der Waals surface area contributed by atoms with Gasteiger partial charge in [-0.2, -0.15) is 0 Å². The highest BCUT2D eigenvalue weighted by Crippen LogP contribution is 2.38. The maximum Gasteiger partial charge on any atom is 0.231 e. The Morgan fingerprint density at radius 1 is 1.21 bits per heavy atom. The van der Waals surface area contributed by atoms with E-state index in [1.54, 1.807) is 0 Å². The van der Waals surface area contributed by atoms with E-state index in [4.69, 9.17) is 4.43 Å². The van der Waals surface area contributed by atoms with E-state index in [-0.39, 0.29) is 16.4 Å². The lowest BCUT2D eigenvalue weighted by Gasteiger charge is -2.40. The summed E-state index contributed by atoms with van der Waals surface area (Å²) in [6, 6.07) is 6.09. The number of halogens is 1. The second-order valence-electron chi connectivity index (χ2n) is 9.14. The number of fused-ring (bicyclic) bond motifs is 1. The minimum absolute atomic E-state index is 0.0882. The van der Waals surface area contributed by atoms with Gasteiger partial charge in [-0.3, -0.25) is 4.79 Å². The van der Waals surface area contributed by atoms with Crippen molar-refractivity contribution >= 4 is 35.8 Å². The number of carbonyl (C=O) groups is 1. The van der Waals surface area contributed by atoms with Gasteiger partial charge in [0.1, 0.15) is 0 Å². The molecule has 1 amide bonds. The molecule has 1 aromatic carbocycles. The van der Waals surface area contributed by atoms with Crippen LogP contribution in [0.25, 0.3) is 0 Å². The molecule has 134 valence electrons. The van der Waals surface area contributed by atoms with E-state index in [1.807, 2.05) is 23.1 Å². The Balaban J connectivity index is 2.10. The highest BCUT2D eigenvalue weighted by Gasteiger charge is 2.39. The first-order valence-corrected chi connectivity index (χ1v) is 12.3. The van der Waals surface area contributed by atoms with Crippen molar-refractivity contribution in [2.75, 3.05) is 18.1 Å². The van der Waals surface area contributed by atoms with Crippen LogP contribution in [0.15, 0.2) is 22.7 Å². The van der Waals surface area contributed by atoms with Crippen molar-refractivity contribution in [2.24, 2.45) is 5.41 Å². The smallest absolute Gasteiger partial charge is 0.231 e. The van der Waals surface area contributed by atoms with E-state index in [9.17, 15) is 4.79 Å². The predicted molar refractivity (Wildman–Crippen MR) is 107 cm³/mol. The summed E-state index contributed by atoms with van der Waals surface area (Å²) in [6.07, 6.45) is 0.502. The molecule has 5 heteroatoms. The van der Waals surface area contributed by atoms with Crippen LogP contribution in [-0.2, 0) is 15.6 Å². The number of nitrogens with zero attached hydrogens (tertiary/aromatic N) is 1. The standard InChI is InChI=1S/C19H30BrNO2Si/c1-18(2,3)24(6,7)23-13-19(4,5)12-21-16-11-15(20)9-8-14(16)10-17(21)22/h8-9,11H,10,12-13H2,1-7H3. The summed E-state index contributed by atoms with van der Waals surface area (Å²) in [5, 5.41) is 0.198. The van der Waals surface area contributed by atoms with Gasteiger partial charge in [-0.15, -0.1) is 0 Å². The van der Waals surface area contributed by atoms with Gasteiger partial charge in [-0.05, 0) is 35.8 Å². The van der Waals surface area contributed by atoms with Gasteiger partial charge < -0.3 is 9.33 Å². The van der Waals surface area contributed by atoms with Crippen LogP contribution in [0.5, 0.6) is 0 Å². The maximum absolute atomic E-state index is 12.5. The topological polar surface area (TPSA) is 29.5 Å². The second-order valence-corrected chi connectivity index (χ2v) is 14.9.